The number of carbonyl (C=O) groups excluding carboxylic acids is 8. The molecule has 0 amide bonds. The Morgan fingerprint density at radius 3 is 0.603 bits per heavy atom. The monoisotopic (exact) mass is 1690 g/mol. The van der Waals surface area contributed by atoms with Gasteiger partial charge in [-0.25, -0.2) is 33.6 Å². The number of benzene rings is 4. The van der Waals surface area contributed by atoms with Crippen LogP contribution in [0.1, 0.15) is 470 Å². The Labute approximate surface area is 737 Å². The van der Waals surface area contributed by atoms with E-state index in [4.69, 9.17) is 33.2 Å². The summed E-state index contributed by atoms with van der Waals surface area (Å²) in [6, 6.07) is 27.0. The van der Waals surface area contributed by atoms with E-state index >= 15 is 0 Å². The zero-order valence-electron chi connectivity index (χ0n) is 79.3. The number of rotatable bonds is 66. The molecule has 8 unspecified atom stereocenters. The average molecular weight is 1690 g/mol. The molecule has 15 heteroatoms. The van der Waals surface area contributed by atoms with Gasteiger partial charge in [0.2, 0.25) is 0 Å². The Hall–Kier alpha value is -7.16. The van der Waals surface area contributed by atoms with E-state index in [1.807, 2.05) is 12.1 Å². The molecule has 0 heterocycles. The van der Waals surface area contributed by atoms with Gasteiger partial charge >= 0.3 is 41.8 Å². The molecule has 4 aromatic carbocycles. The van der Waals surface area contributed by atoms with Crippen molar-refractivity contribution in [3.05, 3.63) is 142 Å². The van der Waals surface area contributed by atoms with E-state index < -0.39 is 0 Å². The van der Waals surface area contributed by atoms with E-state index in [0.717, 1.165) is 173 Å². The van der Waals surface area contributed by atoms with Crippen molar-refractivity contribution in [3.63, 3.8) is 0 Å². The topological polar surface area (TPSA) is 201 Å². The lowest BCUT2D eigenvalue weighted by Gasteiger charge is -2.18. The predicted octanol–water partition coefficient (Wildman–Crippen LogP) is 30.0. The summed E-state index contributed by atoms with van der Waals surface area (Å²) in [6.45, 7) is 38.0. The van der Waals surface area contributed by atoms with Crippen LogP contribution >= 0.6 is 0 Å². The Balaban J connectivity index is 0.000000808. The summed E-state index contributed by atoms with van der Waals surface area (Å²) < 4.78 is 38.8. The van der Waals surface area contributed by atoms with Crippen molar-refractivity contribution in [2.45, 2.75) is 387 Å². The first-order chi connectivity index (χ1) is 58.7. The van der Waals surface area contributed by atoms with Crippen LogP contribution in [0.15, 0.2) is 97.1 Å². The van der Waals surface area contributed by atoms with Crippen molar-refractivity contribution in [3.8, 4) is 0 Å². The highest BCUT2D eigenvalue weighted by Crippen LogP contribution is 2.27. The Morgan fingerprint density at radius 2 is 0.388 bits per heavy atom. The molecule has 0 N–H and O–H groups in total. The molecular weight excluding hydrogens is 1510 g/mol. The second kappa shape index (κ2) is 74.3. The zero-order valence-corrected chi connectivity index (χ0v) is 79.3. The van der Waals surface area contributed by atoms with Crippen molar-refractivity contribution >= 4 is 47.6 Å². The molecule has 686 valence electrons. The highest BCUT2D eigenvalue weighted by Gasteiger charge is 2.25. The van der Waals surface area contributed by atoms with Crippen LogP contribution in [0.25, 0.3) is 0 Å². The van der Waals surface area contributed by atoms with Crippen LogP contribution < -0.4 is 0 Å². The fraction of sp³-hybridized carbons (Fsp3) is 0.698. The second-order valence-corrected chi connectivity index (χ2v) is 34.1. The summed E-state index contributed by atoms with van der Waals surface area (Å²) in [6.07, 6.45) is 48.2. The highest BCUT2D eigenvalue weighted by molar-refractivity contribution is 6.06. The van der Waals surface area contributed by atoms with Crippen molar-refractivity contribution in [2.24, 2.45) is 47.3 Å². The molecule has 0 aliphatic heterocycles. The fourth-order valence-electron chi connectivity index (χ4n) is 15.2. The first-order valence-electron chi connectivity index (χ1n) is 48.8. The van der Waals surface area contributed by atoms with Crippen LogP contribution in [0.3, 0.4) is 0 Å². The van der Waals surface area contributed by atoms with Gasteiger partial charge in [-0.1, -0.05) is 328 Å². The lowest BCUT2D eigenvalue weighted by molar-refractivity contribution is 0.0410. The first kappa shape index (κ1) is 112. The van der Waals surface area contributed by atoms with Gasteiger partial charge in [0.25, 0.3) is 0 Å². The molecule has 0 radical (unpaired) electrons. The van der Waals surface area contributed by atoms with Gasteiger partial charge in [-0.15, -0.1) is 0 Å². The summed E-state index contributed by atoms with van der Waals surface area (Å²) in [5.41, 5.74) is 3.81. The molecule has 0 aromatic heterocycles. The van der Waals surface area contributed by atoms with Gasteiger partial charge in [0.1, 0.15) is 0 Å². The van der Waals surface area contributed by atoms with Crippen LogP contribution in [-0.2, 0) is 33.2 Å². The molecule has 0 aliphatic rings. The number of carbonyl (C=O) groups is 8. The number of ketones is 1. The highest BCUT2D eigenvalue weighted by atomic mass is 16.6. The molecule has 15 nitrogen and oxygen atoms in total. The normalized spacial score (nSPS) is 13.0. The number of unbranched alkanes of at least 4 members (excludes halogenated alkanes) is 13. The maximum Gasteiger partial charge on any atom is 0.338 e. The van der Waals surface area contributed by atoms with Gasteiger partial charge < -0.3 is 33.2 Å². The van der Waals surface area contributed by atoms with E-state index in [9.17, 15) is 38.4 Å². The van der Waals surface area contributed by atoms with E-state index in [2.05, 4.69) is 111 Å². The lowest BCUT2D eigenvalue weighted by Crippen LogP contribution is -2.18. The van der Waals surface area contributed by atoms with Gasteiger partial charge in [0.05, 0.1) is 85.2 Å². The van der Waals surface area contributed by atoms with E-state index in [1.165, 1.54) is 96.3 Å². The van der Waals surface area contributed by atoms with Crippen LogP contribution in [0.5, 0.6) is 0 Å². The number of esters is 7. The third-order valence-corrected chi connectivity index (χ3v) is 23.3. The molecule has 0 spiro atoms. The minimum Gasteiger partial charge on any atom is -0.462 e. The third-order valence-electron chi connectivity index (χ3n) is 23.3. The first-order valence-corrected chi connectivity index (χ1v) is 48.8. The average Bonchev–Trinajstić information content (AvgIpc) is 0.883. The quantitative estimate of drug-likeness (QED) is 0.0175. The molecule has 121 heavy (non-hydrogen) atoms. The fourth-order valence-corrected chi connectivity index (χ4v) is 15.2. The molecular formula is C106H172O15. The number of hydrogen-bond donors (Lipinski definition) is 0. The molecule has 4 aromatic rings. The third kappa shape index (κ3) is 52.3. The Kier molecular flexibility index (Phi) is 68.7. The van der Waals surface area contributed by atoms with Crippen molar-refractivity contribution in [1.29, 1.82) is 0 Å². The van der Waals surface area contributed by atoms with Crippen LogP contribution in [0.2, 0.25) is 0 Å². The van der Waals surface area contributed by atoms with Gasteiger partial charge in [0, 0.05) is 12.0 Å². The SMILES string of the molecule is CCCCC(CC)COC(=O)c1ccc(C(=O)OCC(CC)CCCC)cc1.CCCCCC(CCC)COC(=O)c1ccc(C(=O)OCC(CC)CCCC)cc1.CCCCCC(CCC)COC(=O)c1ccc(C(=O)OCC(CCC)CCCCC)cc1.CCCCCC(CCC)COC(=O)c1ccccc1C(=O)CC(CCC)CCCCC. The summed E-state index contributed by atoms with van der Waals surface area (Å²) in [5, 5.41) is 0. The summed E-state index contributed by atoms with van der Waals surface area (Å²) >= 11 is 0. The van der Waals surface area contributed by atoms with Crippen molar-refractivity contribution in [2.75, 3.05) is 46.2 Å². The number of Topliss-reactive ketones (excluding diaryl/α,β-unsaturated/α-hetero) is 1. The largest absolute Gasteiger partial charge is 0.462 e. The molecule has 4 rings (SSSR count). The van der Waals surface area contributed by atoms with Crippen molar-refractivity contribution < 1.29 is 71.5 Å². The Morgan fingerprint density at radius 1 is 0.198 bits per heavy atom. The Bertz CT molecular complexity index is 3160. The molecule has 0 aliphatic carbocycles. The maximum atomic E-state index is 13.1. The number of ether oxygens (including phenoxy) is 7. The van der Waals surface area contributed by atoms with Crippen LogP contribution in [0, 0.1) is 47.3 Å². The summed E-state index contributed by atoms with van der Waals surface area (Å²) in [5.74, 6) is 1.12. The summed E-state index contributed by atoms with van der Waals surface area (Å²) in [7, 11) is 0. The van der Waals surface area contributed by atoms with Crippen molar-refractivity contribution in [1.82, 2.24) is 0 Å². The number of hydrogen-bond acceptors (Lipinski definition) is 15. The lowest BCUT2D eigenvalue weighted by atomic mass is 9.88. The van der Waals surface area contributed by atoms with Gasteiger partial charge in [-0.2, -0.15) is 0 Å². The molecule has 0 bridgehead atoms. The predicted molar refractivity (Wildman–Crippen MR) is 499 cm³/mol. The smallest absolute Gasteiger partial charge is 0.338 e. The van der Waals surface area contributed by atoms with E-state index in [0.29, 0.717) is 145 Å². The standard InChI is InChI=1S/C28H46O4.C28H46O3.C26H42O4.C24H38O4/c1-5-9-11-15-23(13-7-3)21-31-27(29)25-17-19-26(20-18-25)28(30)32-22-24(14-8-4)16-12-10-6-2;1-5-9-11-17-23(15-7-3)21-27(29)25-19-13-14-20-26(25)28(30)31-22-24(16-8-4)18-12-10-6-2;1-5-9-11-14-22(12-7-3)20-30-26(28)24-17-15-23(16-18-24)25(27)29-19-21(8-4)13-10-6-2;1-5-9-11-19(7-3)17-27-23(25)21-13-15-22(16-14-21)24(26)28-18-20(8-4)12-10-6-2/h17-20,23-24H,5-16,21-22H2,1-4H3;13-14,19-20,23-24H,5-12,15-18,21-22H2,1-4H3;15-18,21-22H,5-14,19-20H2,1-4H3;13-16,19-20H,5-12,17-18H2,1-4H3. The maximum absolute atomic E-state index is 13.1. The molecule has 0 fully saturated rings. The van der Waals surface area contributed by atoms with Crippen LogP contribution in [-0.4, -0.2) is 93.8 Å². The minimum atomic E-state index is -0.349. The zero-order chi connectivity index (χ0) is 89.5. The molecule has 0 saturated heterocycles. The molecule has 0 saturated carbocycles. The van der Waals surface area contributed by atoms with Gasteiger partial charge in [0.15, 0.2) is 5.78 Å². The minimum absolute atomic E-state index is 0.0792. The van der Waals surface area contributed by atoms with Crippen LogP contribution in [0.4, 0.5) is 0 Å². The van der Waals surface area contributed by atoms with E-state index in [1.54, 1.807) is 84.9 Å². The second-order valence-electron chi connectivity index (χ2n) is 34.1. The van der Waals surface area contributed by atoms with E-state index in [-0.39, 0.29) is 47.6 Å². The molecule has 8 atom stereocenters. The van der Waals surface area contributed by atoms with Gasteiger partial charge in [-0.05, 0) is 197 Å². The van der Waals surface area contributed by atoms with Gasteiger partial charge in [-0.3, -0.25) is 4.79 Å². The summed E-state index contributed by atoms with van der Waals surface area (Å²) in [4.78, 5) is 100.0.